The van der Waals surface area contributed by atoms with Gasteiger partial charge in [-0.2, -0.15) is 5.26 Å². The van der Waals surface area contributed by atoms with Crippen molar-refractivity contribution in [2.24, 2.45) is 5.92 Å². The summed E-state index contributed by atoms with van der Waals surface area (Å²) in [5, 5.41) is 13.7. The first kappa shape index (κ1) is 14.8. The Balaban J connectivity index is 3.33. The number of methoxy groups -OCH3 is 1. The molecule has 0 aliphatic carbocycles. The summed E-state index contributed by atoms with van der Waals surface area (Å²) in [5.41, 5.74) is -1.83. The van der Waals surface area contributed by atoms with Crippen LogP contribution in [-0.4, -0.2) is 35.4 Å². The SMILES string of the molecule is C=CC(=O)C[C@@]1(C(=O)OC)NC(=S)NC(=O)[C@H]1C#N. The van der Waals surface area contributed by atoms with Crippen LogP contribution in [0, 0.1) is 17.2 Å². The molecule has 0 aromatic rings. The van der Waals surface area contributed by atoms with E-state index in [0.29, 0.717) is 0 Å². The van der Waals surface area contributed by atoms with Crippen molar-refractivity contribution in [3.05, 3.63) is 12.7 Å². The number of amides is 1. The molecule has 2 atom stereocenters. The molecule has 1 heterocycles. The predicted molar refractivity (Wildman–Crippen MR) is 67.5 cm³/mol. The van der Waals surface area contributed by atoms with Crippen molar-refractivity contribution in [3.8, 4) is 6.07 Å². The molecule has 100 valence electrons. The van der Waals surface area contributed by atoms with Gasteiger partial charge in [-0.15, -0.1) is 0 Å². The summed E-state index contributed by atoms with van der Waals surface area (Å²) in [7, 11) is 1.09. The van der Waals surface area contributed by atoms with Crippen molar-refractivity contribution >= 4 is 35.0 Å². The zero-order chi connectivity index (χ0) is 14.6. The Kier molecular flexibility index (Phi) is 4.34. The molecule has 1 rings (SSSR count). The van der Waals surface area contributed by atoms with Gasteiger partial charge in [0.25, 0.3) is 0 Å². The quantitative estimate of drug-likeness (QED) is 0.394. The molecule has 0 unspecified atom stereocenters. The lowest BCUT2D eigenvalue weighted by molar-refractivity contribution is -0.154. The van der Waals surface area contributed by atoms with E-state index in [-0.39, 0.29) is 5.11 Å². The molecule has 0 bridgehead atoms. The Morgan fingerprint density at radius 2 is 2.32 bits per heavy atom. The van der Waals surface area contributed by atoms with Gasteiger partial charge < -0.3 is 15.4 Å². The number of ketones is 1. The molecule has 1 amide bonds. The highest BCUT2D eigenvalue weighted by Crippen LogP contribution is 2.27. The fourth-order valence-corrected chi connectivity index (χ4v) is 2.08. The third kappa shape index (κ3) is 2.61. The van der Waals surface area contributed by atoms with Gasteiger partial charge in [0.15, 0.2) is 22.4 Å². The van der Waals surface area contributed by atoms with E-state index in [0.717, 1.165) is 13.2 Å². The maximum Gasteiger partial charge on any atom is 0.334 e. The Morgan fingerprint density at radius 1 is 1.68 bits per heavy atom. The Hall–Kier alpha value is -2.27. The fourth-order valence-electron chi connectivity index (χ4n) is 1.80. The number of nitrogens with one attached hydrogen (secondary N) is 2. The number of allylic oxidation sites excluding steroid dienone is 1. The summed E-state index contributed by atoms with van der Waals surface area (Å²) in [6, 6.07) is 1.69. The maximum atomic E-state index is 11.9. The number of nitriles is 1. The largest absolute Gasteiger partial charge is 0.467 e. The van der Waals surface area contributed by atoms with E-state index in [1.165, 1.54) is 0 Å². The minimum absolute atomic E-state index is 0.140. The molecule has 8 heteroatoms. The van der Waals surface area contributed by atoms with Crippen LogP contribution in [0.3, 0.4) is 0 Å². The van der Waals surface area contributed by atoms with E-state index in [9.17, 15) is 14.4 Å². The van der Waals surface area contributed by atoms with E-state index in [2.05, 4.69) is 21.9 Å². The highest BCUT2D eigenvalue weighted by molar-refractivity contribution is 7.80. The third-order valence-corrected chi connectivity index (χ3v) is 2.89. The second kappa shape index (κ2) is 5.58. The van der Waals surface area contributed by atoms with Crippen LogP contribution in [0.5, 0.6) is 0 Å². The number of hydrogen-bond acceptors (Lipinski definition) is 6. The van der Waals surface area contributed by atoms with Crippen LogP contribution in [0.1, 0.15) is 6.42 Å². The molecule has 0 spiro atoms. The van der Waals surface area contributed by atoms with Crippen LogP contribution >= 0.6 is 12.2 Å². The fraction of sp³-hybridized carbons (Fsp3) is 0.364. The summed E-state index contributed by atoms with van der Waals surface area (Å²) >= 11 is 4.79. The third-order valence-electron chi connectivity index (χ3n) is 2.69. The lowest BCUT2D eigenvalue weighted by Crippen LogP contribution is -2.70. The second-order valence-electron chi connectivity index (χ2n) is 3.82. The van der Waals surface area contributed by atoms with Gasteiger partial charge in [0, 0.05) is 6.42 Å². The summed E-state index contributed by atoms with van der Waals surface area (Å²) in [6.07, 6.45) is 0.547. The van der Waals surface area contributed by atoms with Gasteiger partial charge in [-0.25, -0.2) is 4.79 Å². The Morgan fingerprint density at radius 3 is 2.79 bits per heavy atom. The van der Waals surface area contributed by atoms with Crippen molar-refractivity contribution in [1.29, 1.82) is 5.26 Å². The smallest absolute Gasteiger partial charge is 0.334 e. The molecule has 0 radical (unpaired) electrons. The van der Waals surface area contributed by atoms with E-state index >= 15 is 0 Å². The zero-order valence-electron chi connectivity index (χ0n) is 10.1. The molecule has 1 fully saturated rings. The van der Waals surface area contributed by atoms with Gasteiger partial charge >= 0.3 is 5.97 Å². The standard InChI is InChI=1S/C11H11N3O4S/c1-3-6(15)4-11(9(17)18-2)7(5-12)8(16)13-10(19)14-11/h3,7H,1,4H2,2H3,(H2,13,14,16,19)/t7-,11-/m1/s1. The summed E-state index contributed by atoms with van der Waals surface area (Å²) in [4.78, 5) is 35.2. The highest BCUT2D eigenvalue weighted by Gasteiger charge is 2.55. The average molecular weight is 281 g/mol. The molecular formula is C11H11N3O4S. The molecule has 0 aromatic carbocycles. The lowest BCUT2D eigenvalue weighted by Gasteiger charge is -2.38. The lowest BCUT2D eigenvalue weighted by atomic mass is 9.78. The number of carbonyl (C=O) groups is 3. The predicted octanol–water partition coefficient (Wildman–Crippen LogP) is -0.813. The van der Waals surface area contributed by atoms with E-state index in [1.54, 1.807) is 6.07 Å². The van der Waals surface area contributed by atoms with Gasteiger partial charge in [-0.05, 0) is 18.3 Å². The van der Waals surface area contributed by atoms with Crippen molar-refractivity contribution in [2.45, 2.75) is 12.0 Å². The second-order valence-corrected chi connectivity index (χ2v) is 4.22. The molecule has 19 heavy (non-hydrogen) atoms. The maximum absolute atomic E-state index is 11.9. The molecule has 2 N–H and O–H groups in total. The highest BCUT2D eigenvalue weighted by atomic mass is 32.1. The first-order valence-electron chi connectivity index (χ1n) is 5.17. The minimum Gasteiger partial charge on any atom is -0.467 e. The number of rotatable bonds is 4. The molecule has 0 saturated carbocycles. The van der Waals surface area contributed by atoms with Crippen molar-refractivity contribution in [3.63, 3.8) is 0 Å². The summed E-state index contributed by atoms with van der Waals surface area (Å²) in [6.45, 7) is 3.29. The molecule has 0 aromatic heterocycles. The van der Waals surface area contributed by atoms with Gasteiger partial charge in [-0.3, -0.25) is 9.59 Å². The Labute approximate surface area is 114 Å². The number of nitrogens with zero attached hydrogens (tertiary/aromatic N) is 1. The van der Waals surface area contributed by atoms with Crippen LogP contribution in [0.4, 0.5) is 0 Å². The number of esters is 1. The van der Waals surface area contributed by atoms with Crippen molar-refractivity contribution in [2.75, 3.05) is 7.11 Å². The molecule has 1 aliphatic rings. The zero-order valence-corrected chi connectivity index (χ0v) is 10.9. The molecule has 7 nitrogen and oxygen atoms in total. The molecule has 1 saturated heterocycles. The molecule has 1 aliphatic heterocycles. The number of carbonyl (C=O) groups excluding carboxylic acids is 3. The van der Waals surface area contributed by atoms with Gasteiger partial charge in [-0.1, -0.05) is 6.58 Å². The summed E-state index contributed by atoms with van der Waals surface area (Å²) in [5.74, 6) is -3.62. The van der Waals surface area contributed by atoms with Crippen LogP contribution < -0.4 is 10.6 Å². The monoisotopic (exact) mass is 281 g/mol. The van der Waals surface area contributed by atoms with Gasteiger partial charge in [0.2, 0.25) is 5.91 Å². The molecular weight excluding hydrogens is 270 g/mol. The summed E-state index contributed by atoms with van der Waals surface area (Å²) < 4.78 is 4.59. The van der Waals surface area contributed by atoms with E-state index in [4.69, 9.17) is 17.5 Å². The van der Waals surface area contributed by atoms with Crippen LogP contribution in [0.15, 0.2) is 12.7 Å². The Bertz CT molecular complexity index is 511. The van der Waals surface area contributed by atoms with E-state index in [1.807, 2.05) is 0 Å². The first-order valence-corrected chi connectivity index (χ1v) is 5.58. The van der Waals surface area contributed by atoms with Gasteiger partial charge in [0.05, 0.1) is 13.2 Å². The normalized spacial score (nSPS) is 25.6. The topological polar surface area (TPSA) is 108 Å². The van der Waals surface area contributed by atoms with Gasteiger partial charge in [0.1, 0.15) is 0 Å². The van der Waals surface area contributed by atoms with Crippen molar-refractivity contribution in [1.82, 2.24) is 10.6 Å². The first-order chi connectivity index (χ1) is 8.91. The van der Waals surface area contributed by atoms with E-state index < -0.39 is 35.5 Å². The van der Waals surface area contributed by atoms with Crippen molar-refractivity contribution < 1.29 is 19.1 Å². The van der Waals surface area contributed by atoms with Crippen LogP contribution in [0.2, 0.25) is 0 Å². The minimum atomic E-state index is -1.83. The number of ether oxygens (including phenoxy) is 1. The average Bonchev–Trinajstić information content (AvgIpc) is 2.36. The van der Waals surface area contributed by atoms with Crippen LogP contribution in [-0.2, 0) is 19.1 Å². The number of thiocarbonyl (C=S) groups is 1. The number of hydrogen-bond donors (Lipinski definition) is 2. The van der Waals surface area contributed by atoms with Crippen LogP contribution in [0.25, 0.3) is 0 Å².